The number of hydrogen-bond donors (Lipinski definition) is 1. The summed E-state index contributed by atoms with van der Waals surface area (Å²) in [5, 5.41) is 9.14. The van der Waals surface area contributed by atoms with Crippen LogP contribution in [-0.4, -0.2) is 54.6 Å². The quantitative estimate of drug-likeness (QED) is 0.740. The lowest BCUT2D eigenvalue weighted by molar-refractivity contribution is -0.161. The minimum atomic E-state index is -0.819. The molecule has 1 aliphatic carbocycles. The largest absolute Gasteiger partial charge is 0.481 e. The number of carbonyl (C=O) groups excluding carboxylic acids is 1. The number of carbonyl (C=O) groups is 2. The smallest absolute Gasteiger partial charge is 0.310 e. The van der Waals surface area contributed by atoms with Gasteiger partial charge in [-0.1, -0.05) is 0 Å². The van der Waals surface area contributed by atoms with Gasteiger partial charge < -0.3 is 9.84 Å². The Morgan fingerprint density at radius 3 is 2.50 bits per heavy atom. The van der Waals surface area contributed by atoms with E-state index in [4.69, 9.17) is 9.84 Å². The average Bonchev–Trinajstić information content (AvgIpc) is 2.23. The first-order valence-electron chi connectivity index (χ1n) is 5.68. The molecule has 1 heterocycles. The van der Waals surface area contributed by atoms with E-state index < -0.39 is 11.4 Å². The monoisotopic (exact) mass is 227 g/mol. The van der Waals surface area contributed by atoms with Crippen molar-refractivity contribution in [1.29, 1.82) is 0 Å². The van der Waals surface area contributed by atoms with Crippen LogP contribution in [0.5, 0.6) is 0 Å². The van der Waals surface area contributed by atoms with Gasteiger partial charge in [0.05, 0.1) is 18.6 Å². The Morgan fingerprint density at radius 1 is 1.38 bits per heavy atom. The third-order valence-electron chi connectivity index (χ3n) is 3.54. The van der Waals surface area contributed by atoms with Gasteiger partial charge in [0.1, 0.15) is 5.78 Å². The second kappa shape index (κ2) is 4.51. The highest BCUT2D eigenvalue weighted by Crippen LogP contribution is 2.41. The van der Waals surface area contributed by atoms with Gasteiger partial charge in [-0.2, -0.15) is 0 Å². The van der Waals surface area contributed by atoms with E-state index in [2.05, 4.69) is 4.90 Å². The number of carboxylic acid groups (broad SMARTS) is 1. The Bertz CT molecular complexity index is 288. The normalized spacial score (nSPS) is 25.1. The van der Waals surface area contributed by atoms with Gasteiger partial charge in [-0.3, -0.25) is 14.5 Å². The first kappa shape index (κ1) is 11.5. The molecule has 0 aromatic carbocycles. The lowest BCUT2D eigenvalue weighted by Gasteiger charge is -2.38. The second-order valence-electron chi connectivity index (χ2n) is 4.68. The summed E-state index contributed by atoms with van der Waals surface area (Å²) < 4.78 is 5.22. The van der Waals surface area contributed by atoms with Gasteiger partial charge >= 0.3 is 5.97 Å². The topological polar surface area (TPSA) is 66.8 Å². The van der Waals surface area contributed by atoms with Crippen molar-refractivity contribution in [2.75, 3.05) is 32.8 Å². The molecule has 5 heteroatoms. The van der Waals surface area contributed by atoms with Crippen LogP contribution in [-0.2, 0) is 14.3 Å². The number of carboxylic acids is 1. The summed E-state index contributed by atoms with van der Waals surface area (Å²) in [5.74, 6) is -0.746. The molecule has 90 valence electrons. The number of rotatable bonds is 4. The summed E-state index contributed by atoms with van der Waals surface area (Å²) in [5.41, 5.74) is -0.768. The van der Waals surface area contributed by atoms with E-state index in [1.807, 2.05) is 0 Å². The van der Waals surface area contributed by atoms with Gasteiger partial charge in [0.2, 0.25) is 0 Å². The van der Waals surface area contributed by atoms with Crippen molar-refractivity contribution in [3.8, 4) is 0 Å². The highest BCUT2D eigenvalue weighted by Gasteiger charge is 2.49. The van der Waals surface area contributed by atoms with Gasteiger partial charge in [0.15, 0.2) is 0 Å². The Labute approximate surface area is 94.4 Å². The molecule has 1 N–H and O–H groups in total. The zero-order valence-electron chi connectivity index (χ0n) is 9.28. The molecule has 0 aromatic heterocycles. The van der Waals surface area contributed by atoms with Crippen LogP contribution in [0.1, 0.15) is 19.3 Å². The van der Waals surface area contributed by atoms with Crippen molar-refractivity contribution in [2.45, 2.75) is 19.3 Å². The van der Waals surface area contributed by atoms with E-state index in [1.54, 1.807) is 0 Å². The number of nitrogens with zero attached hydrogens (tertiary/aromatic N) is 1. The van der Waals surface area contributed by atoms with E-state index in [9.17, 15) is 9.59 Å². The molecule has 0 radical (unpaired) electrons. The summed E-state index contributed by atoms with van der Waals surface area (Å²) in [6.07, 6.45) is 1.01. The molecule has 2 rings (SSSR count). The molecule has 0 atom stereocenters. The summed E-state index contributed by atoms with van der Waals surface area (Å²) in [4.78, 5) is 24.3. The number of Topliss-reactive ketones (excluding diaryl/α,β-unsaturated/α-hetero) is 1. The van der Waals surface area contributed by atoms with Gasteiger partial charge in [-0.05, 0) is 13.0 Å². The molecule has 5 nitrogen and oxygen atoms in total. The van der Waals surface area contributed by atoms with Crippen LogP contribution in [0.3, 0.4) is 0 Å². The summed E-state index contributed by atoms with van der Waals surface area (Å²) in [6.45, 7) is 3.92. The third-order valence-corrected chi connectivity index (χ3v) is 3.54. The first-order chi connectivity index (χ1) is 7.62. The fraction of sp³-hybridized carbons (Fsp3) is 0.818. The molecular weight excluding hydrogens is 210 g/mol. The molecule has 2 aliphatic rings. The molecule has 0 bridgehead atoms. The average molecular weight is 227 g/mol. The van der Waals surface area contributed by atoms with E-state index >= 15 is 0 Å². The second-order valence-corrected chi connectivity index (χ2v) is 4.68. The maximum absolute atomic E-state index is 11.1. The lowest BCUT2D eigenvalue weighted by Crippen LogP contribution is -2.47. The van der Waals surface area contributed by atoms with Crippen LogP contribution in [0.4, 0.5) is 0 Å². The van der Waals surface area contributed by atoms with Crippen molar-refractivity contribution in [2.24, 2.45) is 5.41 Å². The van der Waals surface area contributed by atoms with Crippen LogP contribution in [0.25, 0.3) is 0 Å². The molecular formula is C11H17NO4. The fourth-order valence-electron chi connectivity index (χ4n) is 2.33. The third kappa shape index (κ3) is 2.25. The van der Waals surface area contributed by atoms with E-state index in [1.165, 1.54) is 0 Å². The molecule has 16 heavy (non-hydrogen) atoms. The van der Waals surface area contributed by atoms with Crippen molar-refractivity contribution in [3.63, 3.8) is 0 Å². The predicted molar refractivity (Wildman–Crippen MR) is 56.2 cm³/mol. The number of aliphatic carboxylic acids is 1. The maximum Gasteiger partial charge on any atom is 0.310 e. The number of ketones is 1. The molecule has 1 aliphatic heterocycles. The van der Waals surface area contributed by atoms with Crippen molar-refractivity contribution in [1.82, 2.24) is 4.90 Å². The number of morpholine rings is 1. The van der Waals surface area contributed by atoms with Crippen LogP contribution in [0.15, 0.2) is 0 Å². The first-order valence-corrected chi connectivity index (χ1v) is 5.68. The molecule has 1 saturated heterocycles. The van der Waals surface area contributed by atoms with E-state index in [0.717, 1.165) is 32.8 Å². The molecule has 2 fully saturated rings. The van der Waals surface area contributed by atoms with Crippen LogP contribution >= 0.6 is 0 Å². The maximum atomic E-state index is 11.1. The summed E-state index contributed by atoms with van der Waals surface area (Å²) >= 11 is 0. The predicted octanol–water partition coefficient (Wildman–Crippen LogP) is 0.143. The Kier molecular flexibility index (Phi) is 3.25. The Balaban J connectivity index is 1.82. The Hall–Kier alpha value is -0.940. The van der Waals surface area contributed by atoms with Gasteiger partial charge in [-0.15, -0.1) is 0 Å². The van der Waals surface area contributed by atoms with E-state index in [0.29, 0.717) is 6.42 Å². The number of ether oxygens (including phenoxy) is 1. The SMILES string of the molecule is O=C1CC(CCN2CCOCC2)(C(=O)O)C1. The van der Waals surface area contributed by atoms with Crippen molar-refractivity contribution in [3.05, 3.63) is 0 Å². The fourth-order valence-corrected chi connectivity index (χ4v) is 2.33. The van der Waals surface area contributed by atoms with Crippen molar-refractivity contribution < 1.29 is 19.4 Å². The highest BCUT2D eigenvalue weighted by atomic mass is 16.5. The minimum Gasteiger partial charge on any atom is -0.481 e. The molecule has 0 amide bonds. The van der Waals surface area contributed by atoms with Gasteiger partial charge in [-0.25, -0.2) is 0 Å². The zero-order valence-corrected chi connectivity index (χ0v) is 9.28. The lowest BCUT2D eigenvalue weighted by atomic mass is 9.65. The number of hydrogen-bond acceptors (Lipinski definition) is 4. The molecule has 1 saturated carbocycles. The molecule has 0 aromatic rings. The molecule has 0 spiro atoms. The zero-order chi connectivity index (χ0) is 11.6. The van der Waals surface area contributed by atoms with Crippen LogP contribution in [0.2, 0.25) is 0 Å². The Morgan fingerprint density at radius 2 is 2.00 bits per heavy atom. The summed E-state index contributed by atoms with van der Waals surface area (Å²) in [7, 11) is 0. The summed E-state index contributed by atoms with van der Waals surface area (Å²) in [6, 6.07) is 0. The van der Waals surface area contributed by atoms with Gasteiger partial charge in [0.25, 0.3) is 0 Å². The van der Waals surface area contributed by atoms with Gasteiger partial charge in [0, 0.05) is 25.9 Å². The molecule has 0 unspecified atom stereocenters. The van der Waals surface area contributed by atoms with Crippen molar-refractivity contribution >= 4 is 11.8 Å². The van der Waals surface area contributed by atoms with Crippen LogP contribution < -0.4 is 0 Å². The highest BCUT2D eigenvalue weighted by molar-refractivity contribution is 5.96. The van der Waals surface area contributed by atoms with Crippen LogP contribution in [0, 0.1) is 5.41 Å². The van der Waals surface area contributed by atoms with E-state index in [-0.39, 0.29) is 18.6 Å². The minimum absolute atomic E-state index is 0.0735. The standard InChI is InChI=1S/C11H17NO4/c13-9-7-11(8-9,10(14)15)1-2-12-3-5-16-6-4-12/h1-8H2,(H,14,15).